The highest BCUT2D eigenvalue weighted by molar-refractivity contribution is 6.07. The summed E-state index contributed by atoms with van der Waals surface area (Å²) in [4.78, 5) is 20.0. The van der Waals surface area contributed by atoms with E-state index >= 15 is 0 Å². The minimum atomic E-state index is 0.0276. The van der Waals surface area contributed by atoms with Crippen molar-refractivity contribution in [3.63, 3.8) is 0 Å². The summed E-state index contributed by atoms with van der Waals surface area (Å²) in [7, 11) is 1.92. The van der Waals surface area contributed by atoms with Crippen molar-refractivity contribution in [2.75, 3.05) is 20.1 Å². The highest BCUT2D eigenvalue weighted by Crippen LogP contribution is 2.30. The fourth-order valence-corrected chi connectivity index (χ4v) is 3.84. The van der Waals surface area contributed by atoms with Gasteiger partial charge in [0.2, 0.25) is 0 Å². The number of hydrogen-bond acceptors (Lipinski definition) is 5. The van der Waals surface area contributed by atoms with Crippen LogP contribution in [0.4, 0.5) is 0 Å². The predicted octanol–water partition coefficient (Wildman–Crippen LogP) is 3.33. The Labute approximate surface area is 158 Å². The van der Waals surface area contributed by atoms with E-state index in [0.717, 1.165) is 37.2 Å². The van der Waals surface area contributed by atoms with Crippen LogP contribution >= 0.6 is 0 Å². The van der Waals surface area contributed by atoms with Gasteiger partial charge in [-0.15, -0.1) is 0 Å². The molecule has 0 bridgehead atoms. The number of benzene rings is 1. The molecule has 1 saturated heterocycles. The number of nitrogens with one attached hydrogen (secondary N) is 1. The van der Waals surface area contributed by atoms with Crippen LogP contribution in [0, 0.1) is 13.8 Å². The first-order valence-electron chi connectivity index (χ1n) is 9.38. The molecule has 27 heavy (non-hydrogen) atoms. The molecule has 1 aliphatic heterocycles. The molecule has 1 N–H and O–H groups in total. The molecule has 140 valence electrons. The molecule has 3 heterocycles. The maximum Gasteiger partial charge on any atom is 0.259 e. The van der Waals surface area contributed by atoms with E-state index < -0.39 is 0 Å². The number of likely N-dealkylation sites (N-methyl/N-ethyl adjacent to an activating group) is 1. The Kier molecular flexibility index (Phi) is 4.66. The summed E-state index contributed by atoms with van der Waals surface area (Å²) >= 11 is 0. The molecule has 3 aromatic rings. The average Bonchev–Trinajstić information content (AvgIpc) is 3.28. The molecule has 1 amide bonds. The van der Waals surface area contributed by atoms with Crippen LogP contribution in [0.5, 0.6) is 0 Å². The third-order valence-corrected chi connectivity index (χ3v) is 5.27. The third-order valence-electron chi connectivity index (χ3n) is 5.27. The van der Waals surface area contributed by atoms with Crippen LogP contribution in [0.1, 0.15) is 34.5 Å². The highest BCUT2D eigenvalue weighted by Gasteiger charge is 2.31. The van der Waals surface area contributed by atoms with E-state index in [0.29, 0.717) is 22.4 Å². The number of pyridine rings is 1. The first-order valence-corrected chi connectivity index (χ1v) is 9.38. The summed E-state index contributed by atoms with van der Waals surface area (Å²) in [5.74, 6) is 0.0276. The number of aromatic nitrogens is 2. The predicted molar refractivity (Wildman–Crippen MR) is 105 cm³/mol. The largest absolute Gasteiger partial charge is 0.335 e. The minimum Gasteiger partial charge on any atom is -0.335 e. The Bertz CT molecular complexity index is 978. The number of nitrogens with zero attached hydrogens (tertiary/aromatic N) is 3. The molecule has 2 aromatic heterocycles. The smallest absolute Gasteiger partial charge is 0.259 e. The Balaban J connectivity index is 1.82. The zero-order chi connectivity index (χ0) is 19.0. The van der Waals surface area contributed by atoms with Crippen LogP contribution in [-0.2, 0) is 0 Å². The van der Waals surface area contributed by atoms with E-state index in [2.05, 4.69) is 15.5 Å². The quantitative estimate of drug-likeness (QED) is 0.769. The van der Waals surface area contributed by atoms with Gasteiger partial charge in [0.15, 0.2) is 0 Å². The normalized spacial score (nSPS) is 17.0. The van der Waals surface area contributed by atoms with Crippen molar-refractivity contribution >= 4 is 17.0 Å². The van der Waals surface area contributed by atoms with Crippen LogP contribution in [0.2, 0.25) is 0 Å². The summed E-state index contributed by atoms with van der Waals surface area (Å²) in [5, 5.41) is 7.96. The number of carbonyl (C=O) groups is 1. The molecule has 1 aromatic carbocycles. The molecule has 4 rings (SSSR count). The molecule has 1 fully saturated rings. The second-order valence-corrected chi connectivity index (χ2v) is 7.22. The molecule has 1 atom stereocenters. The summed E-state index contributed by atoms with van der Waals surface area (Å²) in [6.45, 7) is 5.47. The van der Waals surface area contributed by atoms with Gasteiger partial charge in [-0.05, 0) is 39.8 Å². The Hall–Kier alpha value is -2.73. The van der Waals surface area contributed by atoms with E-state index in [9.17, 15) is 4.79 Å². The van der Waals surface area contributed by atoms with Gasteiger partial charge in [-0.25, -0.2) is 4.98 Å². The number of carbonyl (C=O) groups excluding carboxylic acids is 1. The summed E-state index contributed by atoms with van der Waals surface area (Å²) in [6, 6.07) is 10.2. The van der Waals surface area contributed by atoms with Gasteiger partial charge in [0.1, 0.15) is 0 Å². The fourth-order valence-electron chi connectivity index (χ4n) is 3.84. The fraction of sp³-hybridized carbons (Fsp3) is 0.381. The average molecular weight is 364 g/mol. The van der Waals surface area contributed by atoms with E-state index in [1.54, 1.807) is 0 Å². The molecular weight excluding hydrogens is 340 g/mol. The number of fused-ring (bicyclic) bond motifs is 1. The maximum absolute atomic E-state index is 13.4. The van der Waals surface area contributed by atoms with Crippen molar-refractivity contribution in [1.29, 1.82) is 0 Å². The van der Waals surface area contributed by atoms with E-state index in [-0.39, 0.29) is 11.9 Å². The highest BCUT2D eigenvalue weighted by atomic mass is 16.5. The van der Waals surface area contributed by atoms with Gasteiger partial charge in [-0.2, -0.15) is 0 Å². The van der Waals surface area contributed by atoms with Crippen LogP contribution in [-0.4, -0.2) is 47.1 Å². The minimum absolute atomic E-state index is 0.0276. The number of likely N-dealkylation sites (tertiary alicyclic amines) is 1. The molecule has 0 saturated carbocycles. The molecule has 0 spiro atoms. The topological polar surface area (TPSA) is 71.3 Å². The van der Waals surface area contributed by atoms with Gasteiger partial charge in [-0.3, -0.25) is 4.79 Å². The Morgan fingerprint density at radius 2 is 2.07 bits per heavy atom. The van der Waals surface area contributed by atoms with Crippen molar-refractivity contribution < 1.29 is 9.32 Å². The lowest BCUT2D eigenvalue weighted by molar-refractivity contribution is 0.0739. The lowest BCUT2D eigenvalue weighted by Gasteiger charge is -2.25. The van der Waals surface area contributed by atoms with Crippen molar-refractivity contribution in [1.82, 2.24) is 20.4 Å². The van der Waals surface area contributed by atoms with Gasteiger partial charge in [0.05, 0.1) is 22.3 Å². The molecule has 6 nitrogen and oxygen atoms in total. The van der Waals surface area contributed by atoms with Gasteiger partial charge in [-0.1, -0.05) is 35.0 Å². The van der Waals surface area contributed by atoms with Gasteiger partial charge >= 0.3 is 0 Å². The SMILES string of the molecule is CNCC1CCCN1C(=O)c1cc(-c2ccc(C)cc2)nc2onc(C)c12. The lowest BCUT2D eigenvalue weighted by Crippen LogP contribution is -2.40. The van der Waals surface area contributed by atoms with Crippen LogP contribution in [0.15, 0.2) is 34.9 Å². The van der Waals surface area contributed by atoms with Crippen LogP contribution in [0.3, 0.4) is 0 Å². The van der Waals surface area contributed by atoms with Crippen LogP contribution < -0.4 is 5.32 Å². The number of amides is 1. The first kappa shape index (κ1) is 17.7. The zero-order valence-corrected chi connectivity index (χ0v) is 16.0. The lowest BCUT2D eigenvalue weighted by atomic mass is 10.0. The number of rotatable bonds is 4. The zero-order valence-electron chi connectivity index (χ0n) is 16.0. The molecule has 6 heteroatoms. The summed E-state index contributed by atoms with van der Waals surface area (Å²) < 4.78 is 5.42. The van der Waals surface area contributed by atoms with Gasteiger partial charge in [0.25, 0.3) is 11.6 Å². The van der Waals surface area contributed by atoms with E-state index in [4.69, 9.17) is 4.52 Å². The first-order chi connectivity index (χ1) is 13.1. The standard InChI is InChI=1S/C21H24N4O2/c1-13-6-8-15(9-7-13)18-11-17(19-14(2)24-27-20(19)23-18)21(26)25-10-4-5-16(25)12-22-3/h6-9,11,16,22H,4-5,10,12H2,1-3H3. The van der Waals surface area contributed by atoms with Crippen molar-refractivity contribution in [3.05, 3.63) is 47.2 Å². The number of hydrogen-bond donors (Lipinski definition) is 1. The van der Waals surface area contributed by atoms with Crippen molar-refractivity contribution in [2.45, 2.75) is 32.7 Å². The Morgan fingerprint density at radius 3 is 2.81 bits per heavy atom. The summed E-state index contributed by atoms with van der Waals surface area (Å²) in [6.07, 6.45) is 2.05. The maximum atomic E-state index is 13.4. The van der Waals surface area contributed by atoms with E-state index in [1.807, 2.05) is 56.1 Å². The van der Waals surface area contributed by atoms with Crippen molar-refractivity contribution in [2.24, 2.45) is 0 Å². The molecule has 0 aliphatic carbocycles. The Morgan fingerprint density at radius 1 is 1.30 bits per heavy atom. The molecule has 1 unspecified atom stereocenters. The second kappa shape index (κ2) is 7.12. The van der Waals surface area contributed by atoms with E-state index in [1.165, 1.54) is 5.56 Å². The third kappa shape index (κ3) is 3.21. The van der Waals surface area contributed by atoms with Gasteiger partial charge < -0.3 is 14.7 Å². The second-order valence-electron chi connectivity index (χ2n) is 7.22. The summed E-state index contributed by atoms with van der Waals surface area (Å²) in [5.41, 5.74) is 4.60. The van der Waals surface area contributed by atoms with Crippen molar-refractivity contribution in [3.8, 4) is 11.3 Å². The molecule has 1 aliphatic rings. The van der Waals surface area contributed by atoms with Crippen LogP contribution in [0.25, 0.3) is 22.4 Å². The van der Waals surface area contributed by atoms with Gasteiger partial charge in [0, 0.05) is 24.7 Å². The monoisotopic (exact) mass is 364 g/mol. The molecular formula is C21H24N4O2. The molecule has 0 radical (unpaired) electrons. The number of aryl methyl sites for hydroxylation is 2.